The minimum Gasteiger partial charge on any atom is -0.252 e. The molecular formula is C13H10N2S. The van der Waals surface area contributed by atoms with Crippen molar-refractivity contribution in [3.05, 3.63) is 58.7 Å². The van der Waals surface area contributed by atoms with Crippen molar-refractivity contribution in [1.82, 2.24) is 9.97 Å². The zero-order valence-electron chi connectivity index (χ0n) is 8.63. The van der Waals surface area contributed by atoms with Crippen LogP contribution in [0.25, 0.3) is 10.9 Å². The van der Waals surface area contributed by atoms with E-state index in [1.54, 1.807) is 11.3 Å². The third-order valence-electron chi connectivity index (χ3n) is 2.50. The quantitative estimate of drug-likeness (QED) is 0.670. The smallest absolute Gasteiger partial charge is 0.0794 e. The molecular weight excluding hydrogens is 216 g/mol. The summed E-state index contributed by atoms with van der Waals surface area (Å²) in [5.74, 6) is 0. The molecule has 0 atom stereocenters. The van der Waals surface area contributed by atoms with Gasteiger partial charge in [-0.3, -0.25) is 4.98 Å². The lowest BCUT2D eigenvalue weighted by molar-refractivity contribution is 1.05. The number of hydrogen-bond acceptors (Lipinski definition) is 3. The van der Waals surface area contributed by atoms with Gasteiger partial charge < -0.3 is 0 Å². The fourth-order valence-corrected chi connectivity index (χ4v) is 2.28. The second kappa shape index (κ2) is 4.02. The van der Waals surface area contributed by atoms with Crippen molar-refractivity contribution >= 4 is 22.2 Å². The summed E-state index contributed by atoms with van der Waals surface area (Å²) >= 11 is 1.62. The SMILES string of the molecule is c1ccc2nc(Cc3cscn3)ccc2c1. The van der Waals surface area contributed by atoms with Crippen molar-refractivity contribution in [2.24, 2.45) is 0 Å². The van der Waals surface area contributed by atoms with Gasteiger partial charge in [-0.1, -0.05) is 24.3 Å². The predicted molar refractivity (Wildman–Crippen MR) is 66.7 cm³/mol. The van der Waals surface area contributed by atoms with Crippen LogP contribution in [0.3, 0.4) is 0 Å². The van der Waals surface area contributed by atoms with E-state index >= 15 is 0 Å². The lowest BCUT2D eigenvalue weighted by Crippen LogP contribution is -1.92. The van der Waals surface area contributed by atoms with E-state index in [4.69, 9.17) is 0 Å². The molecule has 0 radical (unpaired) electrons. The van der Waals surface area contributed by atoms with Gasteiger partial charge in [0.25, 0.3) is 0 Å². The molecule has 0 N–H and O–H groups in total. The van der Waals surface area contributed by atoms with Gasteiger partial charge in [0.15, 0.2) is 0 Å². The highest BCUT2D eigenvalue weighted by molar-refractivity contribution is 7.07. The van der Waals surface area contributed by atoms with E-state index in [-0.39, 0.29) is 0 Å². The predicted octanol–water partition coefficient (Wildman–Crippen LogP) is 3.28. The van der Waals surface area contributed by atoms with Crippen molar-refractivity contribution in [1.29, 1.82) is 0 Å². The number of benzene rings is 1. The van der Waals surface area contributed by atoms with Gasteiger partial charge in [0.05, 0.1) is 16.7 Å². The molecule has 0 spiro atoms. The minimum absolute atomic E-state index is 0.814. The summed E-state index contributed by atoms with van der Waals surface area (Å²) in [6.45, 7) is 0. The fraction of sp³-hybridized carbons (Fsp3) is 0.0769. The molecule has 0 aliphatic rings. The largest absolute Gasteiger partial charge is 0.252 e. The molecule has 2 nitrogen and oxygen atoms in total. The summed E-state index contributed by atoms with van der Waals surface area (Å²) in [5, 5.41) is 3.25. The van der Waals surface area contributed by atoms with E-state index in [1.165, 1.54) is 5.39 Å². The monoisotopic (exact) mass is 226 g/mol. The molecule has 16 heavy (non-hydrogen) atoms. The molecule has 0 saturated carbocycles. The maximum atomic E-state index is 4.61. The van der Waals surface area contributed by atoms with E-state index in [0.29, 0.717) is 0 Å². The van der Waals surface area contributed by atoms with Gasteiger partial charge >= 0.3 is 0 Å². The maximum absolute atomic E-state index is 4.61. The molecule has 3 rings (SSSR count). The standard InChI is InChI=1S/C13H10N2S/c1-2-4-13-10(3-1)5-6-11(15-13)7-12-8-16-9-14-12/h1-6,8-9H,7H2. The summed E-state index contributed by atoms with van der Waals surface area (Å²) < 4.78 is 0. The number of aromatic nitrogens is 2. The highest BCUT2D eigenvalue weighted by Crippen LogP contribution is 2.14. The van der Waals surface area contributed by atoms with Crippen LogP contribution in [0.15, 0.2) is 47.3 Å². The molecule has 0 saturated heterocycles. The number of para-hydroxylation sites is 1. The Kier molecular flexibility index (Phi) is 2.38. The number of nitrogens with zero attached hydrogens (tertiary/aromatic N) is 2. The Bertz CT molecular complexity index is 602. The second-order valence-corrected chi connectivity index (χ2v) is 4.37. The number of hydrogen-bond donors (Lipinski definition) is 0. The van der Waals surface area contributed by atoms with Crippen molar-refractivity contribution in [2.75, 3.05) is 0 Å². The lowest BCUT2D eigenvalue weighted by Gasteiger charge is -2.00. The molecule has 3 aromatic rings. The Morgan fingerprint density at radius 3 is 2.81 bits per heavy atom. The van der Waals surface area contributed by atoms with Crippen LogP contribution in [0.2, 0.25) is 0 Å². The molecule has 2 aromatic heterocycles. The average Bonchev–Trinajstić information content (AvgIpc) is 2.82. The first-order chi connectivity index (χ1) is 7.92. The van der Waals surface area contributed by atoms with Crippen LogP contribution in [0, 0.1) is 0 Å². The van der Waals surface area contributed by atoms with Crippen LogP contribution < -0.4 is 0 Å². The van der Waals surface area contributed by atoms with Crippen LogP contribution in [-0.4, -0.2) is 9.97 Å². The zero-order chi connectivity index (χ0) is 10.8. The van der Waals surface area contributed by atoms with Gasteiger partial charge in [0.2, 0.25) is 0 Å². The Morgan fingerprint density at radius 1 is 1.00 bits per heavy atom. The zero-order valence-corrected chi connectivity index (χ0v) is 9.45. The summed E-state index contributed by atoms with van der Waals surface area (Å²) in [7, 11) is 0. The van der Waals surface area contributed by atoms with Crippen LogP contribution in [0.5, 0.6) is 0 Å². The van der Waals surface area contributed by atoms with E-state index in [9.17, 15) is 0 Å². The molecule has 78 valence electrons. The molecule has 0 fully saturated rings. The average molecular weight is 226 g/mol. The molecule has 3 heteroatoms. The van der Waals surface area contributed by atoms with Crippen molar-refractivity contribution in [2.45, 2.75) is 6.42 Å². The van der Waals surface area contributed by atoms with Crippen LogP contribution in [0.1, 0.15) is 11.4 Å². The summed E-state index contributed by atoms with van der Waals surface area (Å²) in [4.78, 5) is 8.88. The van der Waals surface area contributed by atoms with Crippen LogP contribution in [-0.2, 0) is 6.42 Å². The van der Waals surface area contributed by atoms with E-state index in [2.05, 4.69) is 33.5 Å². The van der Waals surface area contributed by atoms with Gasteiger partial charge in [-0.25, -0.2) is 4.98 Å². The topological polar surface area (TPSA) is 25.8 Å². The Hall–Kier alpha value is -1.74. The fourth-order valence-electron chi connectivity index (χ4n) is 1.72. The van der Waals surface area contributed by atoms with Crippen LogP contribution >= 0.6 is 11.3 Å². The summed E-state index contributed by atoms with van der Waals surface area (Å²) in [5.41, 5.74) is 5.07. The van der Waals surface area contributed by atoms with Gasteiger partial charge in [-0.2, -0.15) is 0 Å². The highest BCUT2D eigenvalue weighted by Gasteiger charge is 2.00. The first-order valence-electron chi connectivity index (χ1n) is 5.13. The van der Waals surface area contributed by atoms with E-state index < -0.39 is 0 Å². The maximum Gasteiger partial charge on any atom is 0.0794 e. The van der Waals surface area contributed by atoms with Crippen molar-refractivity contribution in [3.8, 4) is 0 Å². The second-order valence-electron chi connectivity index (χ2n) is 3.65. The normalized spacial score (nSPS) is 10.8. The molecule has 0 unspecified atom stereocenters. The molecule has 1 aromatic carbocycles. The third kappa shape index (κ3) is 1.82. The van der Waals surface area contributed by atoms with Gasteiger partial charge in [-0.15, -0.1) is 11.3 Å². The number of thiazole rings is 1. The van der Waals surface area contributed by atoms with E-state index in [1.807, 2.05) is 23.7 Å². The van der Waals surface area contributed by atoms with Crippen LogP contribution in [0.4, 0.5) is 0 Å². The third-order valence-corrected chi connectivity index (χ3v) is 3.14. The lowest BCUT2D eigenvalue weighted by atomic mass is 10.1. The molecule has 0 aliphatic heterocycles. The first kappa shape index (κ1) is 9.48. The van der Waals surface area contributed by atoms with Gasteiger partial charge in [0, 0.05) is 22.9 Å². The van der Waals surface area contributed by atoms with Crippen molar-refractivity contribution < 1.29 is 0 Å². The first-order valence-corrected chi connectivity index (χ1v) is 6.08. The molecule has 0 bridgehead atoms. The number of pyridine rings is 1. The number of rotatable bonds is 2. The Balaban J connectivity index is 1.99. The summed E-state index contributed by atoms with van der Waals surface area (Å²) in [6.07, 6.45) is 0.814. The molecule has 0 aliphatic carbocycles. The number of fused-ring (bicyclic) bond motifs is 1. The molecule has 0 amide bonds. The van der Waals surface area contributed by atoms with Crippen molar-refractivity contribution in [3.63, 3.8) is 0 Å². The van der Waals surface area contributed by atoms with Gasteiger partial charge in [0.1, 0.15) is 0 Å². The molecule has 2 heterocycles. The highest BCUT2D eigenvalue weighted by atomic mass is 32.1. The Labute approximate surface area is 97.6 Å². The van der Waals surface area contributed by atoms with Gasteiger partial charge in [-0.05, 0) is 12.1 Å². The minimum atomic E-state index is 0.814. The van der Waals surface area contributed by atoms with E-state index in [0.717, 1.165) is 23.3 Å². The Morgan fingerprint density at radius 2 is 1.94 bits per heavy atom. The summed E-state index contributed by atoms with van der Waals surface area (Å²) in [6, 6.07) is 12.4.